The highest BCUT2D eigenvalue weighted by Crippen LogP contribution is 2.45. The van der Waals surface area contributed by atoms with Crippen LogP contribution in [0.5, 0.6) is 0 Å². The van der Waals surface area contributed by atoms with E-state index in [-0.39, 0.29) is 11.6 Å². The SMILES string of the molecule is O=C1CC[C@]2(c3ccccc3)Nc3ccccc3CN12. The lowest BCUT2D eigenvalue weighted by atomic mass is 9.92. The molecule has 0 spiro atoms. The summed E-state index contributed by atoms with van der Waals surface area (Å²) in [6.07, 6.45) is 1.43. The summed E-state index contributed by atoms with van der Waals surface area (Å²) >= 11 is 0. The normalized spacial score (nSPS) is 24.0. The summed E-state index contributed by atoms with van der Waals surface area (Å²) in [4.78, 5) is 14.3. The first-order chi connectivity index (χ1) is 9.79. The van der Waals surface area contributed by atoms with Crippen molar-refractivity contribution < 1.29 is 4.79 Å². The average Bonchev–Trinajstić information content (AvgIpc) is 2.84. The smallest absolute Gasteiger partial charge is 0.225 e. The summed E-state index contributed by atoms with van der Waals surface area (Å²) in [5.41, 5.74) is 3.13. The lowest BCUT2D eigenvalue weighted by molar-refractivity contribution is -0.131. The van der Waals surface area contributed by atoms with E-state index in [1.165, 1.54) is 11.1 Å². The van der Waals surface area contributed by atoms with E-state index >= 15 is 0 Å². The van der Waals surface area contributed by atoms with Crippen molar-refractivity contribution in [2.45, 2.75) is 25.0 Å². The summed E-state index contributed by atoms with van der Waals surface area (Å²) in [5.74, 6) is 0.232. The maximum Gasteiger partial charge on any atom is 0.225 e. The van der Waals surface area contributed by atoms with E-state index in [0.717, 1.165) is 12.1 Å². The van der Waals surface area contributed by atoms with Crippen molar-refractivity contribution in [1.29, 1.82) is 0 Å². The Hall–Kier alpha value is -2.29. The number of carbonyl (C=O) groups is 1. The van der Waals surface area contributed by atoms with E-state index in [4.69, 9.17) is 0 Å². The van der Waals surface area contributed by atoms with Crippen molar-refractivity contribution in [3.8, 4) is 0 Å². The van der Waals surface area contributed by atoms with Gasteiger partial charge in [-0.3, -0.25) is 4.79 Å². The van der Waals surface area contributed by atoms with Crippen molar-refractivity contribution in [3.63, 3.8) is 0 Å². The number of amides is 1. The van der Waals surface area contributed by atoms with Crippen LogP contribution in [-0.2, 0) is 17.0 Å². The van der Waals surface area contributed by atoms with Gasteiger partial charge >= 0.3 is 0 Å². The molecule has 20 heavy (non-hydrogen) atoms. The monoisotopic (exact) mass is 264 g/mol. The third-order valence-electron chi connectivity index (χ3n) is 4.40. The first-order valence-electron chi connectivity index (χ1n) is 7.02. The van der Waals surface area contributed by atoms with E-state index in [2.05, 4.69) is 29.6 Å². The molecule has 4 rings (SSSR count). The number of rotatable bonds is 1. The minimum Gasteiger partial charge on any atom is -0.359 e. The highest BCUT2D eigenvalue weighted by molar-refractivity contribution is 5.82. The van der Waals surface area contributed by atoms with Gasteiger partial charge in [-0.25, -0.2) is 0 Å². The average molecular weight is 264 g/mol. The fourth-order valence-corrected chi connectivity index (χ4v) is 3.38. The number of carbonyl (C=O) groups excluding carboxylic acids is 1. The number of nitrogens with zero attached hydrogens (tertiary/aromatic N) is 1. The van der Waals surface area contributed by atoms with Crippen LogP contribution in [0.2, 0.25) is 0 Å². The molecule has 0 aromatic heterocycles. The molecular weight excluding hydrogens is 248 g/mol. The van der Waals surface area contributed by atoms with Gasteiger partial charge in [0.05, 0.1) is 6.54 Å². The standard InChI is InChI=1S/C17H16N2O/c20-16-10-11-17(14-7-2-1-3-8-14)18-15-9-5-4-6-13(15)12-19(16)17/h1-9,18H,10-12H2/t17-/m0/s1. The molecule has 0 radical (unpaired) electrons. The van der Waals surface area contributed by atoms with Crippen LogP contribution in [0.3, 0.4) is 0 Å². The Morgan fingerprint density at radius 2 is 1.75 bits per heavy atom. The second-order valence-corrected chi connectivity index (χ2v) is 5.49. The van der Waals surface area contributed by atoms with Crippen molar-refractivity contribution >= 4 is 11.6 Å². The van der Waals surface area contributed by atoms with Crippen LogP contribution in [0.1, 0.15) is 24.0 Å². The molecule has 3 nitrogen and oxygen atoms in total. The largest absolute Gasteiger partial charge is 0.359 e. The lowest BCUT2D eigenvalue weighted by Crippen LogP contribution is -2.51. The number of fused-ring (bicyclic) bond motifs is 2. The summed E-state index contributed by atoms with van der Waals surface area (Å²) in [7, 11) is 0. The Balaban J connectivity index is 1.87. The number of para-hydroxylation sites is 1. The van der Waals surface area contributed by atoms with Crippen LogP contribution in [0.25, 0.3) is 0 Å². The third kappa shape index (κ3) is 1.49. The van der Waals surface area contributed by atoms with Gasteiger partial charge in [-0.05, 0) is 17.2 Å². The van der Waals surface area contributed by atoms with Crippen LogP contribution in [0, 0.1) is 0 Å². The molecule has 2 aliphatic rings. The Labute approximate surface area is 118 Å². The number of benzene rings is 2. The van der Waals surface area contributed by atoms with Crippen LogP contribution in [0.15, 0.2) is 54.6 Å². The highest BCUT2D eigenvalue weighted by atomic mass is 16.2. The molecule has 0 aliphatic carbocycles. The van der Waals surface area contributed by atoms with Gasteiger partial charge in [0.1, 0.15) is 5.66 Å². The molecular formula is C17H16N2O. The molecule has 2 aromatic rings. The molecule has 1 fully saturated rings. The maximum absolute atomic E-state index is 12.3. The molecule has 0 saturated carbocycles. The van der Waals surface area contributed by atoms with Crippen molar-refractivity contribution in [2.75, 3.05) is 5.32 Å². The predicted octanol–water partition coefficient (Wildman–Crippen LogP) is 3.09. The zero-order valence-corrected chi connectivity index (χ0v) is 11.2. The molecule has 2 heterocycles. The number of hydrogen-bond donors (Lipinski definition) is 1. The number of anilines is 1. The quantitative estimate of drug-likeness (QED) is 0.858. The van der Waals surface area contributed by atoms with E-state index in [9.17, 15) is 4.79 Å². The molecule has 0 bridgehead atoms. The maximum atomic E-state index is 12.3. The van der Waals surface area contributed by atoms with Crippen LogP contribution >= 0.6 is 0 Å². The Morgan fingerprint density at radius 3 is 2.60 bits per heavy atom. The first kappa shape index (κ1) is 11.5. The first-order valence-corrected chi connectivity index (χ1v) is 7.02. The van der Waals surface area contributed by atoms with Gasteiger partial charge in [-0.1, -0.05) is 48.5 Å². The Bertz CT molecular complexity index is 668. The van der Waals surface area contributed by atoms with E-state index in [1.54, 1.807) is 0 Å². The van der Waals surface area contributed by atoms with E-state index < -0.39 is 0 Å². The van der Waals surface area contributed by atoms with Gasteiger partial charge < -0.3 is 10.2 Å². The van der Waals surface area contributed by atoms with Gasteiger partial charge in [0, 0.05) is 18.5 Å². The molecule has 2 aliphatic heterocycles. The third-order valence-corrected chi connectivity index (χ3v) is 4.40. The minimum absolute atomic E-state index is 0.232. The minimum atomic E-state index is -0.368. The zero-order valence-electron chi connectivity index (χ0n) is 11.2. The van der Waals surface area contributed by atoms with Gasteiger partial charge in [0.15, 0.2) is 0 Å². The molecule has 3 heteroatoms. The van der Waals surface area contributed by atoms with Gasteiger partial charge in [0.25, 0.3) is 0 Å². The van der Waals surface area contributed by atoms with E-state index in [0.29, 0.717) is 13.0 Å². The fraction of sp³-hybridized carbons (Fsp3) is 0.235. The summed E-state index contributed by atoms with van der Waals surface area (Å²) < 4.78 is 0. The molecule has 100 valence electrons. The van der Waals surface area contributed by atoms with Gasteiger partial charge in [0.2, 0.25) is 5.91 Å². The number of hydrogen-bond acceptors (Lipinski definition) is 2. The molecule has 1 N–H and O–H groups in total. The topological polar surface area (TPSA) is 32.3 Å². The van der Waals surface area contributed by atoms with Crippen molar-refractivity contribution in [3.05, 3.63) is 65.7 Å². The van der Waals surface area contributed by atoms with Gasteiger partial charge in [-0.2, -0.15) is 0 Å². The summed E-state index contributed by atoms with van der Waals surface area (Å²) in [6.45, 7) is 0.691. The summed E-state index contributed by atoms with van der Waals surface area (Å²) in [5, 5.41) is 3.62. The van der Waals surface area contributed by atoms with Gasteiger partial charge in [-0.15, -0.1) is 0 Å². The highest BCUT2D eigenvalue weighted by Gasteiger charge is 2.49. The molecule has 0 unspecified atom stereocenters. The van der Waals surface area contributed by atoms with Crippen LogP contribution in [0.4, 0.5) is 5.69 Å². The summed E-state index contributed by atoms with van der Waals surface area (Å²) in [6, 6.07) is 18.5. The second kappa shape index (κ2) is 4.10. The predicted molar refractivity (Wildman–Crippen MR) is 78.0 cm³/mol. The molecule has 1 saturated heterocycles. The Morgan fingerprint density at radius 1 is 1.00 bits per heavy atom. The second-order valence-electron chi connectivity index (χ2n) is 5.49. The van der Waals surface area contributed by atoms with E-state index in [1.807, 2.05) is 35.2 Å². The molecule has 1 amide bonds. The van der Waals surface area contributed by atoms with Crippen molar-refractivity contribution in [2.24, 2.45) is 0 Å². The number of nitrogens with one attached hydrogen (secondary N) is 1. The molecule has 2 aromatic carbocycles. The fourth-order valence-electron chi connectivity index (χ4n) is 3.38. The van der Waals surface area contributed by atoms with Crippen molar-refractivity contribution in [1.82, 2.24) is 4.90 Å². The zero-order chi connectivity index (χ0) is 13.6. The Kier molecular flexibility index (Phi) is 2.36. The lowest BCUT2D eigenvalue weighted by Gasteiger charge is -2.44. The van der Waals surface area contributed by atoms with Crippen LogP contribution in [-0.4, -0.2) is 10.8 Å². The van der Waals surface area contributed by atoms with Crippen LogP contribution < -0.4 is 5.32 Å². The molecule has 1 atom stereocenters.